The van der Waals surface area contributed by atoms with Gasteiger partial charge in [0.1, 0.15) is 6.61 Å². The molecule has 0 heterocycles. The van der Waals surface area contributed by atoms with Crippen LogP contribution in [-0.4, -0.2) is 22.7 Å². The summed E-state index contributed by atoms with van der Waals surface area (Å²) in [5.41, 5.74) is 0.560. The molecule has 2 saturated carbocycles. The molecule has 2 aliphatic carbocycles. The SMILES string of the molecule is O=C(O)CC1CC2CCC1(NC(=O)OCc1ccccc1)C2. The third-order valence-electron chi connectivity index (χ3n) is 5.04. The largest absolute Gasteiger partial charge is 0.481 e. The molecule has 0 aromatic heterocycles. The topological polar surface area (TPSA) is 75.6 Å². The Morgan fingerprint density at radius 1 is 1.32 bits per heavy atom. The first-order chi connectivity index (χ1) is 10.6. The average Bonchev–Trinajstić information content (AvgIpc) is 3.03. The smallest absolute Gasteiger partial charge is 0.407 e. The lowest BCUT2D eigenvalue weighted by Crippen LogP contribution is -2.50. The van der Waals surface area contributed by atoms with Gasteiger partial charge in [-0.05, 0) is 43.1 Å². The fourth-order valence-electron chi connectivity index (χ4n) is 4.05. The van der Waals surface area contributed by atoms with Gasteiger partial charge in [0.2, 0.25) is 0 Å². The number of carbonyl (C=O) groups is 2. The van der Waals surface area contributed by atoms with Gasteiger partial charge in [0.15, 0.2) is 0 Å². The summed E-state index contributed by atoms with van der Waals surface area (Å²) >= 11 is 0. The Hall–Kier alpha value is -2.04. The quantitative estimate of drug-likeness (QED) is 0.877. The molecule has 2 aliphatic rings. The zero-order valence-corrected chi connectivity index (χ0v) is 12.5. The Morgan fingerprint density at radius 2 is 2.09 bits per heavy atom. The summed E-state index contributed by atoms with van der Waals surface area (Å²) in [6, 6.07) is 9.52. The second kappa shape index (κ2) is 5.99. The molecule has 3 rings (SSSR count). The third kappa shape index (κ3) is 3.08. The van der Waals surface area contributed by atoms with Crippen LogP contribution in [0.4, 0.5) is 4.79 Å². The van der Waals surface area contributed by atoms with E-state index in [1.165, 1.54) is 0 Å². The van der Waals surface area contributed by atoms with E-state index >= 15 is 0 Å². The molecular weight excluding hydrogens is 282 g/mol. The first-order valence-electron chi connectivity index (χ1n) is 7.78. The van der Waals surface area contributed by atoms with Crippen molar-refractivity contribution in [3.05, 3.63) is 35.9 Å². The number of nitrogens with one attached hydrogen (secondary N) is 1. The molecule has 3 unspecified atom stereocenters. The Morgan fingerprint density at radius 3 is 2.77 bits per heavy atom. The normalized spacial score (nSPS) is 29.3. The maximum absolute atomic E-state index is 12.1. The monoisotopic (exact) mass is 303 g/mol. The first-order valence-corrected chi connectivity index (χ1v) is 7.78. The van der Waals surface area contributed by atoms with Crippen molar-refractivity contribution in [2.75, 3.05) is 0 Å². The van der Waals surface area contributed by atoms with E-state index in [4.69, 9.17) is 9.84 Å². The number of ether oxygens (including phenoxy) is 1. The van der Waals surface area contributed by atoms with Crippen LogP contribution in [0.3, 0.4) is 0 Å². The average molecular weight is 303 g/mol. The maximum atomic E-state index is 12.1. The van der Waals surface area contributed by atoms with Crippen molar-refractivity contribution in [3.8, 4) is 0 Å². The number of fused-ring (bicyclic) bond motifs is 2. The summed E-state index contributed by atoms with van der Waals surface area (Å²) in [4.78, 5) is 23.1. The Labute approximate surface area is 129 Å². The molecule has 2 bridgehead atoms. The molecule has 1 aromatic carbocycles. The highest BCUT2D eigenvalue weighted by Gasteiger charge is 2.53. The molecule has 0 aliphatic heterocycles. The van der Waals surface area contributed by atoms with Crippen molar-refractivity contribution in [2.24, 2.45) is 11.8 Å². The van der Waals surface area contributed by atoms with Crippen LogP contribution in [0.15, 0.2) is 30.3 Å². The number of hydrogen-bond donors (Lipinski definition) is 2. The molecule has 3 atom stereocenters. The fourth-order valence-corrected chi connectivity index (χ4v) is 4.05. The molecule has 0 saturated heterocycles. The van der Waals surface area contributed by atoms with E-state index in [0.29, 0.717) is 5.92 Å². The molecule has 0 spiro atoms. The van der Waals surface area contributed by atoms with E-state index < -0.39 is 12.1 Å². The third-order valence-corrected chi connectivity index (χ3v) is 5.04. The summed E-state index contributed by atoms with van der Waals surface area (Å²) < 4.78 is 5.29. The molecule has 118 valence electrons. The molecule has 1 aromatic rings. The van der Waals surface area contributed by atoms with Gasteiger partial charge in [-0.1, -0.05) is 30.3 Å². The molecule has 2 N–H and O–H groups in total. The number of hydrogen-bond acceptors (Lipinski definition) is 3. The van der Waals surface area contributed by atoms with Crippen LogP contribution in [0.1, 0.15) is 37.7 Å². The molecule has 5 heteroatoms. The van der Waals surface area contributed by atoms with Crippen LogP contribution in [0.5, 0.6) is 0 Å². The van der Waals surface area contributed by atoms with Gasteiger partial charge in [-0.3, -0.25) is 4.79 Å². The number of rotatable bonds is 5. The van der Waals surface area contributed by atoms with Crippen molar-refractivity contribution in [2.45, 2.75) is 44.2 Å². The molecule has 5 nitrogen and oxygen atoms in total. The van der Waals surface area contributed by atoms with E-state index in [9.17, 15) is 9.59 Å². The van der Waals surface area contributed by atoms with Crippen LogP contribution >= 0.6 is 0 Å². The summed E-state index contributed by atoms with van der Waals surface area (Å²) in [6.45, 7) is 0.232. The number of carboxylic acids is 1. The highest BCUT2D eigenvalue weighted by Crippen LogP contribution is 2.52. The number of carboxylic acid groups (broad SMARTS) is 1. The number of benzene rings is 1. The van der Waals surface area contributed by atoms with E-state index in [2.05, 4.69) is 5.32 Å². The molecule has 0 radical (unpaired) electrons. The zero-order valence-electron chi connectivity index (χ0n) is 12.5. The van der Waals surface area contributed by atoms with Gasteiger partial charge in [0.05, 0.1) is 6.42 Å². The van der Waals surface area contributed by atoms with Crippen LogP contribution < -0.4 is 5.32 Å². The number of carbonyl (C=O) groups excluding carboxylic acids is 1. The standard InChI is InChI=1S/C17H21NO4/c19-15(20)9-14-8-13-6-7-17(14,10-13)18-16(21)22-11-12-4-2-1-3-5-12/h1-5,13-14H,6-11H2,(H,18,21)(H,19,20). The molecule has 1 amide bonds. The maximum Gasteiger partial charge on any atom is 0.407 e. The summed E-state index contributed by atoms with van der Waals surface area (Å²) in [5, 5.41) is 12.0. The van der Waals surface area contributed by atoms with Crippen LogP contribution in [0, 0.1) is 11.8 Å². The van der Waals surface area contributed by atoms with Gasteiger partial charge >= 0.3 is 12.1 Å². The molecule has 22 heavy (non-hydrogen) atoms. The summed E-state index contributed by atoms with van der Waals surface area (Å²) in [6.07, 6.45) is 3.37. The molecule has 2 fully saturated rings. The minimum atomic E-state index is -0.795. The van der Waals surface area contributed by atoms with E-state index in [0.717, 1.165) is 31.2 Å². The number of alkyl carbamates (subject to hydrolysis) is 1. The Balaban J connectivity index is 1.58. The number of aliphatic carboxylic acids is 1. The van der Waals surface area contributed by atoms with Crippen LogP contribution in [0.25, 0.3) is 0 Å². The van der Waals surface area contributed by atoms with Crippen molar-refractivity contribution < 1.29 is 19.4 Å². The van der Waals surface area contributed by atoms with Crippen molar-refractivity contribution >= 4 is 12.1 Å². The van der Waals surface area contributed by atoms with E-state index in [1.54, 1.807) is 0 Å². The minimum absolute atomic E-state index is 0.0213. The van der Waals surface area contributed by atoms with Gasteiger partial charge in [-0.15, -0.1) is 0 Å². The first kappa shape index (κ1) is 14.9. The van der Waals surface area contributed by atoms with E-state index in [1.807, 2.05) is 30.3 Å². The minimum Gasteiger partial charge on any atom is -0.481 e. The van der Waals surface area contributed by atoms with Gasteiger partial charge in [0.25, 0.3) is 0 Å². The second-order valence-corrected chi connectivity index (χ2v) is 6.48. The highest BCUT2D eigenvalue weighted by molar-refractivity contribution is 5.70. The second-order valence-electron chi connectivity index (χ2n) is 6.48. The van der Waals surface area contributed by atoms with Gasteiger partial charge in [-0.25, -0.2) is 4.79 Å². The van der Waals surface area contributed by atoms with Gasteiger partial charge in [-0.2, -0.15) is 0 Å². The predicted molar refractivity (Wildman–Crippen MR) is 80.2 cm³/mol. The van der Waals surface area contributed by atoms with Gasteiger partial charge in [0, 0.05) is 5.54 Å². The van der Waals surface area contributed by atoms with Crippen molar-refractivity contribution in [3.63, 3.8) is 0 Å². The van der Waals surface area contributed by atoms with Crippen LogP contribution in [0.2, 0.25) is 0 Å². The Bertz CT molecular complexity index is 559. The Kier molecular flexibility index (Phi) is 4.05. The van der Waals surface area contributed by atoms with Gasteiger partial charge < -0.3 is 15.2 Å². The lowest BCUT2D eigenvalue weighted by Gasteiger charge is -2.34. The van der Waals surface area contributed by atoms with Crippen molar-refractivity contribution in [1.29, 1.82) is 0 Å². The fraction of sp³-hybridized carbons (Fsp3) is 0.529. The summed E-state index contributed by atoms with van der Waals surface area (Å²) in [5.74, 6) is -0.233. The lowest BCUT2D eigenvalue weighted by molar-refractivity contribution is -0.138. The predicted octanol–water partition coefficient (Wildman–Crippen LogP) is 2.95. The molecular formula is C17H21NO4. The number of amides is 1. The summed E-state index contributed by atoms with van der Waals surface area (Å²) in [7, 11) is 0. The van der Waals surface area contributed by atoms with Crippen molar-refractivity contribution in [1.82, 2.24) is 5.32 Å². The highest BCUT2D eigenvalue weighted by atomic mass is 16.5. The lowest BCUT2D eigenvalue weighted by atomic mass is 9.80. The van der Waals surface area contributed by atoms with Crippen LogP contribution in [-0.2, 0) is 16.1 Å². The zero-order chi connectivity index (χ0) is 15.6. The van der Waals surface area contributed by atoms with E-state index in [-0.39, 0.29) is 24.5 Å².